The van der Waals surface area contributed by atoms with E-state index in [1.54, 1.807) is 24.3 Å². The maximum Gasteiger partial charge on any atom is 0.321 e. The van der Waals surface area contributed by atoms with Crippen LogP contribution in [0.3, 0.4) is 0 Å². The molecule has 3 aromatic rings. The normalized spacial score (nSPS) is 10.6. The van der Waals surface area contributed by atoms with Crippen LogP contribution in [0.25, 0.3) is 11.4 Å². The molecule has 2 N–H and O–H groups in total. The Hall–Kier alpha value is -3.00. The van der Waals surface area contributed by atoms with Crippen molar-refractivity contribution < 1.29 is 14.3 Å². The molecule has 3 rings (SSSR count). The summed E-state index contributed by atoms with van der Waals surface area (Å²) in [5.74, 6) is 7.45. The summed E-state index contributed by atoms with van der Waals surface area (Å²) in [5, 5.41) is 8.60. The highest BCUT2D eigenvalue weighted by Gasteiger charge is 2.14. The summed E-state index contributed by atoms with van der Waals surface area (Å²) in [6.45, 7) is 4.50. The van der Waals surface area contributed by atoms with E-state index in [4.69, 9.17) is 15.3 Å². The van der Waals surface area contributed by atoms with E-state index in [2.05, 4.69) is 10.2 Å². The van der Waals surface area contributed by atoms with Gasteiger partial charge in [0.05, 0.1) is 12.4 Å². The quantitative estimate of drug-likeness (QED) is 0.290. The first-order chi connectivity index (χ1) is 13.1. The zero-order valence-electron chi connectivity index (χ0n) is 15.1. The molecular weight excluding hydrogens is 364 g/mol. The minimum absolute atomic E-state index is 0.0659. The van der Waals surface area contributed by atoms with E-state index >= 15 is 0 Å². The molecule has 140 valence electrons. The van der Waals surface area contributed by atoms with Crippen molar-refractivity contribution in [2.75, 3.05) is 18.2 Å². The Morgan fingerprint density at radius 2 is 1.74 bits per heavy atom. The van der Waals surface area contributed by atoms with Crippen molar-refractivity contribution in [3.05, 3.63) is 54.1 Å². The molecule has 0 saturated heterocycles. The first kappa shape index (κ1) is 18.8. The molecule has 0 aliphatic carbocycles. The van der Waals surface area contributed by atoms with Crippen LogP contribution in [0.5, 0.6) is 11.5 Å². The van der Waals surface area contributed by atoms with Crippen molar-refractivity contribution in [3.63, 3.8) is 0 Å². The molecule has 0 saturated carbocycles. The number of ether oxygens (including phenoxy) is 2. The van der Waals surface area contributed by atoms with Gasteiger partial charge in [-0.05, 0) is 38.1 Å². The highest BCUT2D eigenvalue weighted by Crippen LogP contribution is 2.23. The second-order valence-electron chi connectivity index (χ2n) is 5.71. The average molecular weight is 384 g/mol. The van der Waals surface area contributed by atoms with E-state index < -0.39 is 5.97 Å². The van der Waals surface area contributed by atoms with Crippen LogP contribution in [0.4, 0.5) is 0 Å². The lowest BCUT2D eigenvalue weighted by molar-refractivity contribution is -0.131. The monoisotopic (exact) mass is 384 g/mol. The highest BCUT2D eigenvalue weighted by atomic mass is 32.2. The fourth-order valence-corrected chi connectivity index (χ4v) is 2.96. The predicted octanol–water partition coefficient (Wildman–Crippen LogP) is 3.06. The van der Waals surface area contributed by atoms with Crippen LogP contribution in [-0.4, -0.2) is 33.2 Å². The third kappa shape index (κ3) is 4.79. The van der Waals surface area contributed by atoms with Crippen molar-refractivity contribution in [1.82, 2.24) is 14.9 Å². The fourth-order valence-electron chi connectivity index (χ4n) is 2.33. The molecule has 0 bridgehead atoms. The van der Waals surface area contributed by atoms with E-state index in [-0.39, 0.29) is 5.75 Å². The number of carbonyl (C=O) groups is 1. The van der Waals surface area contributed by atoms with Gasteiger partial charge in [-0.25, -0.2) is 4.68 Å². The molecular formula is C19H20N4O3S. The van der Waals surface area contributed by atoms with Gasteiger partial charge in [0.15, 0.2) is 5.82 Å². The molecule has 7 nitrogen and oxygen atoms in total. The molecule has 0 fully saturated rings. The van der Waals surface area contributed by atoms with Crippen LogP contribution in [0.2, 0.25) is 0 Å². The first-order valence-corrected chi connectivity index (χ1v) is 9.39. The number of esters is 1. The highest BCUT2D eigenvalue weighted by molar-refractivity contribution is 7.99. The summed E-state index contributed by atoms with van der Waals surface area (Å²) < 4.78 is 12.0. The summed E-state index contributed by atoms with van der Waals surface area (Å²) in [6.07, 6.45) is 0. The SMILES string of the molecule is CCOc1ccc(OC(=O)CSc2nnc(-c3ccc(C)cc3)n2N)cc1. The summed E-state index contributed by atoms with van der Waals surface area (Å²) in [4.78, 5) is 12.0. The molecule has 8 heteroatoms. The zero-order chi connectivity index (χ0) is 19.2. The van der Waals surface area contributed by atoms with Gasteiger partial charge in [0.25, 0.3) is 0 Å². The standard InChI is InChI=1S/C19H20N4O3S/c1-3-25-15-8-10-16(11-9-15)26-17(24)12-27-19-22-21-18(23(19)20)14-6-4-13(2)5-7-14/h4-11H,3,12,20H2,1-2H3. The molecule has 0 aliphatic rings. The largest absolute Gasteiger partial charge is 0.494 e. The van der Waals surface area contributed by atoms with Crippen LogP contribution >= 0.6 is 11.8 Å². The molecule has 1 aromatic heterocycles. The van der Waals surface area contributed by atoms with Crippen LogP contribution in [0.15, 0.2) is 53.7 Å². The Morgan fingerprint density at radius 1 is 1.07 bits per heavy atom. The average Bonchev–Trinajstić information content (AvgIpc) is 3.03. The van der Waals surface area contributed by atoms with E-state index in [1.165, 1.54) is 16.4 Å². The minimum atomic E-state index is -0.399. The number of nitrogen functional groups attached to an aromatic ring is 1. The fraction of sp³-hybridized carbons (Fsp3) is 0.211. The minimum Gasteiger partial charge on any atom is -0.494 e. The summed E-state index contributed by atoms with van der Waals surface area (Å²) >= 11 is 1.17. The predicted molar refractivity (Wildman–Crippen MR) is 104 cm³/mol. The van der Waals surface area contributed by atoms with E-state index in [0.717, 1.165) is 16.9 Å². The van der Waals surface area contributed by atoms with Crippen molar-refractivity contribution in [1.29, 1.82) is 0 Å². The van der Waals surface area contributed by atoms with Crippen LogP contribution in [0.1, 0.15) is 12.5 Å². The lowest BCUT2D eigenvalue weighted by Gasteiger charge is -2.06. The number of hydrogen-bond acceptors (Lipinski definition) is 7. The Balaban J connectivity index is 1.58. The van der Waals surface area contributed by atoms with E-state index in [0.29, 0.717) is 23.3 Å². The van der Waals surface area contributed by atoms with Gasteiger partial charge in [-0.3, -0.25) is 4.79 Å². The van der Waals surface area contributed by atoms with Crippen LogP contribution < -0.4 is 15.3 Å². The molecule has 0 amide bonds. The molecule has 27 heavy (non-hydrogen) atoms. The summed E-state index contributed by atoms with van der Waals surface area (Å²) in [5.41, 5.74) is 2.01. The number of hydrogen-bond donors (Lipinski definition) is 1. The van der Waals surface area contributed by atoms with Crippen molar-refractivity contribution in [3.8, 4) is 22.9 Å². The number of benzene rings is 2. The van der Waals surface area contributed by atoms with E-state index in [1.807, 2.05) is 38.1 Å². The number of aromatic nitrogens is 3. The van der Waals surface area contributed by atoms with Crippen LogP contribution in [0, 0.1) is 6.92 Å². The Kier molecular flexibility index (Phi) is 5.97. The molecule has 0 radical (unpaired) electrons. The van der Waals surface area contributed by atoms with Crippen LogP contribution in [-0.2, 0) is 4.79 Å². The lowest BCUT2D eigenvalue weighted by Crippen LogP contribution is -2.14. The third-order valence-electron chi connectivity index (χ3n) is 3.66. The second kappa shape index (κ2) is 8.59. The second-order valence-corrected chi connectivity index (χ2v) is 6.65. The molecule has 0 atom stereocenters. The number of nitrogens with zero attached hydrogens (tertiary/aromatic N) is 3. The third-order valence-corrected chi connectivity index (χ3v) is 4.58. The summed E-state index contributed by atoms with van der Waals surface area (Å²) in [6, 6.07) is 14.7. The van der Waals surface area contributed by atoms with Gasteiger partial charge in [-0.15, -0.1) is 10.2 Å². The zero-order valence-corrected chi connectivity index (χ0v) is 15.9. The van der Waals surface area contributed by atoms with Gasteiger partial charge in [0.2, 0.25) is 5.16 Å². The number of rotatable bonds is 7. The van der Waals surface area contributed by atoms with Gasteiger partial charge in [-0.1, -0.05) is 41.6 Å². The van der Waals surface area contributed by atoms with Gasteiger partial charge in [0.1, 0.15) is 11.5 Å². The lowest BCUT2D eigenvalue weighted by atomic mass is 10.1. The van der Waals surface area contributed by atoms with Crippen molar-refractivity contribution in [2.24, 2.45) is 0 Å². The van der Waals surface area contributed by atoms with Gasteiger partial charge in [-0.2, -0.15) is 0 Å². The number of carbonyl (C=O) groups excluding carboxylic acids is 1. The Labute approximate surface area is 161 Å². The smallest absolute Gasteiger partial charge is 0.321 e. The maximum absolute atomic E-state index is 12.0. The maximum atomic E-state index is 12.0. The summed E-state index contributed by atoms with van der Waals surface area (Å²) in [7, 11) is 0. The molecule has 1 heterocycles. The number of nitrogens with two attached hydrogens (primary N) is 1. The Bertz CT molecular complexity index is 908. The van der Waals surface area contributed by atoms with Gasteiger partial charge in [0, 0.05) is 5.56 Å². The molecule has 0 aliphatic heterocycles. The van der Waals surface area contributed by atoms with Crippen molar-refractivity contribution in [2.45, 2.75) is 19.0 Å². The first-order valence-electron chi connectivity index (χ1n) is 8.40. The van der Waals surface area contributed by atoms with Gasteiger partial charge < -0.3 is 15.3 Å². The number of aryl methyl sites for hydroxylation is 1. The molecule has 2 aromatic carbocycles. The molecule has 0 spiro atoms. The number of thioether (sulfide) groups is 1. The Morgan fingerprint density at radius 3 is 2.41 bits per heavy atom. The van der Waals surface area contributed by atoms with Crippen molar-refractivity contribution >= 4 is 17.7 Å². The van der Waals surface area contributed by atoms with Gasteiger partial charge >= 0.3 is 5.97 Å². The van der Waals surface area contributed by atoms with E-state index in [9.17, 15) is 4.79 Å². The molecule has 0 unspecified atom stereocenters. The topological polar surface area (TPSA) is 92.3 Å².